The van der Waals surface area contributed by atoms with Crippen LogP contribution in [0.5, 0.6) is 0 Å². The van der Waals surface area contributed by atoms with Crippen LogP contribution in [0, 0.1) is 11.8 Å². The van der Waals surface area contributed by atoms with Gasteiger partial charge in [-0.2, -0.15) is 0 Å². The average Bonchev–Trinajstić information content (AvgIpc) is 2.96. The molecular weight excluding hydrogens is 216 g/mol. The zero-order valence-corrected chi connectivity index (χ0v) is 10.4. The van der Waals surface area contributed by atoms with Gasteiger partial charge in [-0.15, -0.1) is 0 Å². The van der Waals surface area contributed by atoms with Crippen LogP contribution in [0.4, 0.5) is 0 Å². The first-order valence-electron chi connectivity index (χ1n) is 6.21. The standard InChI is InChI=1S/C13H20N2O2/c1-9(2)12-10(5-7-17-12)8-15-13(16)11-4-3-6-14-11/h3-4,6,9-10,12,14H,5,7-8H2,1-2H3,(H,15,16)/t10-,12-/m1/s1. The van der Waals surface area contributed by atoms with Crippen molar-refractivity contribution in [2.24, 2.45) is 11.8 Å². The quantitative estimate of drug-likeness (QED) is 0.837. The molecule has 2 heterocycles. The molecule has 2 atom stereocenters. The first-order chi connectivity index (χ1) is 8.18. The van der Waals surface area contributed by atoms with E-state index in [0.29, 0.717) is 24.1 Å². The maximum absolute atomic E-state index is 11.8. The van der Waals surface area contributed by atoms with Crippen molar-refractivity contribution in [3.05, 3.63) is 24.0 Å². The molecule has 1 fully saturated rings. The maximum Gasteiger partial charge on any atom is 0.267 e. The fourth-order valence-corrected chi connectivity index (χ4v) is 2.40. The number of ether oxygens (including phenoxy) is 1. The van der Waals surface area contributed by atoms with Gasteiger partial charge in [0.2, 0.25) is 0 Å². The number of nitrogens with one attached hydrogen (secondary N) is 2. The molecule has 0 aliphatic carbocycles. The van der Waals surface area contributed by atoms with Gasteiger partial charge in [0.25, 0.3) is 5.91 Å². The van der Waals surface area contributed by atoms with Gasteiger partial charge in [0, 0.05) is 25.3 Å². The summed E-state index contributed by atoms with van der Waals surface area (Å²) in [6, 6.07) is 3.60. The van der Waals surface area contributed by atoms with Crippen LogP contribution in [0.25, 0.3) is 0 Å². The average molecular weight is 236 g/mol. The highest BCUT2D eigenvalue weighted by atomic mass is 16.5. The third-order valence-corrected chi connectivity index (χ3v) is 3.29. The van der Waals surface area contributed by atoms with E-state index in [1.54, 1.807) is 12.3 Å². The summed E-state index contributed by atoms with van der Waals surface area (Å²) in [5.74, 6) is 0.906. The van der Waals surface area contributed by atoms with Crippen LogP contribution >= 0.6 is 0 Å². The lowest BCUT2D eigenvalue weighted by Crippen LogP contribution is -2.35. The normalized spacial score (nSPS) is 24.2. The van der Waals surface area contributed by atoms with Crippen molar-refractivity contribution in [2.45, 2.75) is 26.4 Å². The van der Waals surface area contributed by atoms with Crippen LogP contribution in [0.1, 0.15) is 30.8 Å². The third kappa shape index (κ3) is 2.88. The van der Waals surface area contributed by atoms with Crippen molar-refractivity contribution < 1.29 is 9.53 Å². The number of aromatic amines is 1. The highest BCUT2D eigenvalue weighted by Gasteiger charge is 2.30. The lowest BCUT2D eigenvalue weighted by atomic mass is 9.93. The molecule has 1 aromatic heterocycles. The molecule has 1 aromatic rings. The van der Waals surface area contributed by atoms with Gasteiger partial charge in [0.1, 0.15) is 5.69 Å². The molecule has 0 bridgehead atoms. The first kappa shape index (κ1) is 12.2. The van der Waals surface area contributed by atoms with Crippen LogP contribution in [0.15, 0.2) is 18.3 Å². The van der Waals surface area contributed by atoms with Gasteiger partial charge in [0.15, 0.2) is 0 Å². The summed E-state index contributed by atoms with van der Waals surface area (Å²) >= 11 is 0. The van der Waals surface area contributed by atoms with Gasteiger partial charge >= 0.3 is 0 Å². The minimum absolute atomic E-state index is 0.0376. The van der Waals surface area contributed by atoms with E-state index in [1.807, 2.05) is 6.07 Å². The van der Waals surface area contributed by atoms with Gasteiger partial charge in [-0.3, -0.25) is 4.79 Å². The topological polar surface area (TPSA) is 54.1 Å². The van der Waals surface area contributed by atoms with Gasteiger partial charge in [0.05, 0.1) is 6.10 Å². The van der Waals surface area contributed by atoms with E-state index in [2.05, 4.69) is 24.1 Å². The zero-order valence-electron chi connectivity index (χ0n) is 10.4. The Morgan fingerprint density at radius 1 is 1.65 bits per heavy atom. The molecule has 4 heteroatoms. The summed E-state index contributed by atoms with van der Waals surface area (Å²) in [5.41, 5.74) is 0.616. The Morgan fingerprint density at radius 2 is 2.47 bits per heavy atom. The summed E-state index contributed by atoms with van der Waals surface area (Å²) in [5, 5.41) is 2.96. The predicted octanol–water partition coefficient (Wildman–Crippen LogP) is 1.81. The number of rotatable bonds is 4. The minimum atomic E-state index is -0.0376. The third-order valence-electron chi connectivity index (χ3n) is 3.29. The number of H-pyrrole nitrogens is 1. The van der Waals surface area contributed by atoms with E-state index in [4.69, 9.17) is 4.74 Å². The van der Waals surface area contributed by atoms with Crippen molar-refractivity contribution in [2.75, 3.05) is 13.2 Å². The van der Waals surface area contributed by atoms with Gasteiger partial charge < -0.3 is 15.0 Å². The summed E-state index contributed by atoms with van der Waals surface area (Å²) < 4.78 is 5.69. The van der Waals surface area contributed by atoms with Gasteiger partial charge in [-0.05, 0) is 24.5 Å². The largest absolute Gasteiger partial charge is 0.378 e. The highest BCUT2D eigenvalue weighted by Crippen LogP contribution is 2.26. The molecule has 94 valence electrons. The SMILES string of the molecule is CC(C)[C@H]1OCC[C@@H]1CNC(=O)c1ccc[nH]1. The molecule has 0 unspecified atom stereocenters. The second-order valence-corrected chi connectivity index (χ2v) is 4.92. The Balaban J connectivity index is 1.84. The number of aromatic nitrogens is 1. The molecule has 1 amide bonds. The van der Waals surface area contributed by atoms with Crippen molar-refractivity contribution >= 4 is 5.91 Å². The molecule has 2 N–H and O–H groups in total. The van der Waals surface area contributed by atoms with E-state index in [1.165, 1.54) is 0 Å². The number of hydrogen-bond donors (Lipinski definition) is 2. The second kappa shape index (κ2) is 5.36. The summed E-state index contributed by atoms with van der Waals surface area (Å²) in [6.45, 7) is 5.83. The number of amides is 1. The molecule has 4 nitrogen and oxygen atoms in total. The number of carbonyl (C=O) groups excluding carboxylic acids is 1. The summed E-state index contributed by atoms with van der Waals surface area (Å²) in [6.07, 6.45) is 3.07. The van der Waals surface area contributed by atoms with Crippen LogP contribution in [0.2, 0.25) is 0 Å². The number of hydrogen-bond acceptors (Lipinski definition) is 2. The lowest BCUT2D eigenvalue weighted by molar-refractivity contribution is 0.0533. The number of carbonyl (C=O) groups is 1. The fourth-order valence-electron chi connectivity index (χ4n) is 2.40. The van der Waals surface area contributed by atoms with Crippen molar-refractivity contribution in [1.82, 2.24) is 10.3 Å². The molecule has 17 heavy (non-hydrogen) atoms. The molecule has 0 aromatic carbocycles. The Hall–Kier alpha value is -1.29. The fraction of sp³-hybridized carbons (Fsp3) is 0.615. The van der Waals surface area contributed by atoms with Gasteiger partial charge in [-0.1, -0.05) is 13.8 Å². The van der Waals surface area contributed by atoms with Gasteiger partial charge in [-0.25, -0.2) is 0 Å². The van der Waals surface area contributed by atoms with Crippen molar-refractivity contribution in [3.8, 4) is 0 Å². The van der Waals surface area contributed by atoms with Crippen molar-refractivity contribution in [1.29, 1.82) is 0 Å². The maximum atomic E-state index is 11.8. The van der Waals surface area contributed by atoms with E-state index in [-0.39, 0.29) is 12.0 Å². The second-order valence-electron chi connectivity index (χ2n) is 4.92. The van der Waals surface area contributed by atoms with E-state index in [9.17, 15) is 4.79 Å². The Kier molecular flexibility index (Phi) is 3.84. The Morgan fingerprint density at radius 3 is 3.12 bits per heavy atom. The smallest absolute Gasteiger partial charge is 0.267 e. The molecular formula is C13H20N2O2. The molecule has 0 saturated carbocycles. The summed E-state index contributed by atoms with van der Waals surface area (Å²) in [7, 11) is 0. The van der Waals surface area contributed by atoms with Crippen LogP contribution in [0.3, 0.4) is 0 Å². The van der Waals surface area contributed by atoms with E-state index < -0.39 is 0 Å². The molecule has 1 aliphatic heterocycles. The molecule has 1 saturated heterocycles. The summed E-state index contributed by atoms with van der Waals surface area (Å²) in [4.78, 5) is 14.7. The van der Waals surface area contributed by atoms with E-state index >= 15 is 0 Å². The van der Waals surface area contributed by atoms with Crippen molar-refractivity contribution in [3.63, 3.8) is 0 Å². The lowest BCUT2D eigenvalue weighted by Gasteiger charge is -2.22. The van der Waals surface area contributed by atoms with Crippen LogP contribution < -0.4 is 5.32 Å². The van der Waals surface area contributed by atoms with Crippen LogP contribution in [-0.4, -0.2) is 30.1 Å². The molecule has 2 rings (SSSR count). The Labute approximate surface area is 102 Å². The molecule has 0 spiro atoms. The molecule has 1 aliphatic rings. The van der Waals surface area contributed by atoms with E-state index in [0.717, 1.165) is 13.0 Å². The first-order valence-corrected chi connectivity index (χ1v) is 6.21. The minimum Gasteiger partial charge on any atom is -0.378 e. The Bertz CT molecular complexity index is 360. The molecule has 0 radical (unpaired) electrons. The monoisotopic (exact) mass is 236 g/mol. The van der Waals surface area contributed by atoms with Crippen LogP contribution in [-0.2, 0) is 4.74 Å². The highest BCUT2D eigenvalue weighted by molar-refractivity contribution is 5.92. The predicted molar refractivity (Wildman–Crippen MR) is 65.8 cm³/mol. The zero-order chi connectivity index (χ0) is 12.3.